The van der Waals surface area contributed by atoms with Gasteiger partial charge in [0.05, 0.1) is 18.5 Å². The number of piperazine rings is 1. The Kier molecular flexibility index (Phi) is 4.95. The fraction of sp³-hybridized carbons (Fsp3) is 0.643. The number of hydrogen-bond donors (Lipinski definition) is 0. The zero-order valence-electron chi connectivity index (χ0n) is 12.8. The van der Waals surface area contributed by atoms with Crippen molar-refractivity contribution < 1.29 is 14.3 Å². The van der Waals surface area contributed by atoms with Crippen LogP contribution in [0.15, 0.2) is 6.20 Å². The molecule has 7 nitrogen and oxygen atoms in total. The summed E-state index contributed by atoms with van der Waals surface area (Å²) >= 11 is 0. The maximum Gasteiger partial charge on any atom is 0.341 e. The average molecular weight is 294 g/mol. The van der Waals surface area contributed by atoms with Crippen molar-refractivity contribution in [3.63, 3.8) is 0 Å². The molecule has 0 aliphatic carbocycles. The van der Waals surface area contributed by atoms with E-state index in [0.29, 0.717) is 18.7 Å². The Balaban J connectivity index is 2.02. The van der Waals surface area contributed by atoms with Gasteiger partial charge in [0.2, 0.25) is 5.91 Å². The van der Waals surface area contributed by atoms with Crippen LogP contribution in [0.3, 0.4) is 0 Å². The Labute approximate surface area is 124 Å². The van der Waals surface area contributed by atoms with Crippen LogP contribution in [0.1, 0.15) is 29.9 Å². The molecule has 1 aliphatic rings. The predicted octanol–water partition coefficient (Wildman–Crippen LogP) is 0.261. The zero-order valence-corrected chi connectivity index (χ0v) is 12.8. The Bertz CT molecular complexity index is 518. The molecule has 0 N–H and O–H groups in total. The van der Waals surface area contributed by atoms with E-state index in [1.165, 1.54) is 0 Å². The lowest BCUT2D eigenvalue weighted by Crippen LogP contribution is -2.47. The van der Waals surface area contributed by atoms with E-state index in [9.17, 15) is 9.59 Å². The molecule has 0 saturated carbocycles. The Morgan fingerprint density at radius 2 is 1.95 bits per heavy atom. The molecule has 1 aromatic rings. The third-order valence-corrected chi connectivity index (χ3v) is 3.75. The molecule has 2 rings (SSSR count). The summed E-state index contributed by atoms with van der Waals surface area (Å²) in [6.07, 6.45) is 1.55. The normalized spacial score (nSPS) is 16.0. The highest BCUT2D eigenvalue weighted by molar-refractivity contribution is 5.90. The molecule has 21 heavy (non-hydrogen) atoms. The average Bonchev–Trinajstić information content (AvgIpc) is 2.81. The number of hydrogen-bond acceptors (Lipinski definition) is 5. The largest absolute Gasteiger partial charge is 0.462 e. The monoisotopic (exact) mass is 294 g/mol. The lowest BCUT2D eigenvalue weighted by molar-refractivity contribution is -0.130. The van der Waals surface area contributed by atoms with Gasteiger partial charge in [-0.3, -0.25) is 14.4 Å². The summed E-state index contributed by atoms with van der Waals surface area (Å²) in [7, 11) is 1.82. The Morgan fingerprint density at radius 3 is 2.52 bits per heavy atom. The van der Waals surface area contributed by atoms with E-state index in [1.54, 1.807) is 24.7 Å². The first-order chi connectivity index (χ1) is 10.0. The fourth-order valence-electron chi connectivity index (χ4n) is 2.46. The van der Waals surface area contributed by atoms with Gasteiger partial charge in [-0.15, -0.1) is 0 Å². The minimum Gasteiger partial charge on any atom is -0.462 e. The van der Waals surface area contributed by atoms with Crippen LogP contribution in [0, 0.1) is 0 Å². The number of rotatable bonds is 4. The molecule has 116 valence electrons. The zero-order chi connectivity index (χ0) is 15.4. The quantitative estimate of drug-likeness (QED) is 0.745. The Morgan fingerprint density at radius 1 is 1.29 bits per heavy atom. The molecular formula is C14H22N4O3. The molecule has 1 aromatic heterocycles. The van der Waals surface area contributed by atoms with Crippen molar-refractivity contribution in [2.45, 2.75) is 20.4 Å². The van der Waals surface area contributed by atoms with E-state index < -0.39 is 0 Å². The van der Waals surface area contributed by atoms with Gasteiger partial charge in [0, 0.05) is 46.7 Å². The van der Waals surface area contributed by atoms with Crippen LogP contribution in [0.5, 0.6) is 0 Å². The summed E-state index contributed by atoms with van der Waals surface area (Å²) in [6, 6.07) is 0. The Hall–Kier alpha value is -1.89. The van der Waals surface area contributed by atoms with Crippen LogP contribution in [-0.4, -0.2) is 64.2 Å². The number of ether oxygens (including phenoxy) is 1. The van der Waals surface area contributed by atoms with Crippen molar-refractivity contribution in [3.8, 4) is 0 Å². The van der Waals surface area contributed by atoms with E-state index in [4.69, 9.17) is 4.74 Å². The van der Waals surface area contributed by atoms with Crippen LogP contribution in [0.4, 0.5) is 0 Å². The molecule has 1 amide bonds. The second kappa shape index (κ2) is 6.71. The standard InChI is InChI=1S/C14H22N4O3/c1-4-21-14(20)12-9-15-16(3)13(12)10-17-5-7-18(8-6-17)11(2)19/h9H,4-8,10H2,1-3H3. The minimum absolute atomic E-state index is 0.113. The highest BCUT2D eigenvalue weighted by Gasteiger charge is 2.23. The van der Waals surface area contributed by atoms with E-state index in [1.807, 2.05) is 11.9 Å². The number of aromatic nitrogens is 2. The summed E-state index contributed by atoms with van der Waals surface area (Å²) in [5, 5.41) is 4.15. The van der Waals surface area contributed by atoms with Crippen LogP contribution in [0.2, 0.25) is 0 Å². The molecular weight excluding hydrogens is 272 g/mol. The smallest absolute Gasteiger partial charge is 0.341 e. The molecule has 1 fully saturated rings. The summed E-state index contributed by atoms with van der Waals surface area (Å²) in [4.78, 5) is 27.3. The molecule has 0 atom stereocenters. The maximum atomic E-state index is 11.9. The first-order valence-electron chi connectivity index (χ1n) is 7.18. The lowest BCUT2D eigenvalue weighted by atomic mass is 10.2. The second-order valence-corrected chi connectivity index (χ2v) is 5.13. The third kappa shape index (κ3) is 3.60. The third-order valence-electron chi connectivity index (χ3n) is 3.75. The van der Waals surface area contributed by atoms with Crippen molar-refractivity contribution in [2.75, 3.05) is 32.8 Å². The summed E-state index contributed by atoms with van der Waals surface area (Å²) in [5.41, 5.74) is 1.37. The van der Waals surface area contributed by atoms with Crippen molar-refractivity contribution in [2.24, 2.45) is 7.05 Å². The molecule has 0 unspecified atom stereocenters. The van der Waals surface area contributed by atoms with Gasteiger partial charge in [-0.2, -0.15) is 5.10 Å². The van der Waals surface area contributed by atoms with Gasteiger partial charge < -0.3 is 9.64 Å². The summed E-state index contributed by atoms with van der Waals surface area (Å²) in [5.74, 6) is -0.217. The van der Waals surface area contributed by atoms with Crippen LogP contribution >= 0.6 is 0 Å². The van der Waals surface area contributed by atoms with Crippen molar-refractivity contribution in [1.82, 2.24) is 19.6 Å². The highest BCUT2D eigenvalue weighted by Crippen LogP contribution is 2.14. The van der Waals surface area contributed by atoms with E-state index in [0.717, 1.165) is 31.9 Å². The predicted molar refractivity (Wildman–Crippen MR) is 76.7 cm³/mol. The second-order valence-electron chi connectivity index (χ2n) is 5.13. The van der Waals surface area contributed by atoms with Gasteiger partial charge >= 0.3 is 5.97 Å². The SMILES string of the molecule is CCOC(=O)c1cnn(C)c1CN1CCN(C(C)=O)CC1. The van der Waals surface area contributed by atoms with Gasteiger partial charge in [-0.25, -0.2) is 4.79 Å². The number of esters is 1. The molecule has 1 aliphatic heterocycles. The number of amides is 1. The molecule has 2 heterocycles. The maximum absolute atomic E-state index is 11.9. The molecule has 1 saturated heterocycles. The van der Waals surface area contributed by atoms with Gasteiger partial charge in [0.25, 0.3) is 0 Å². The van der Waals surface area contributed by atoms with Gasteiger partial charge in [0.1, 0.15) is 5.56 Å². The lowest BCUT2D eigenvalue weighted by Gasteiger charge is -2.34. The number of carbonyl (C=O) groups is 2. The molecule has 0 radical (unpaired) electrons. The van der Waals surface area contributed by atoms with Gasteiger partial charge in [0.15, 0.2) is 0 Å². The van der Waals surface area contributed by atoms with Crippen molar-refractivity contribution in [1.29, 1.82) is 0 Å². The van der Waals surface area contributed by atoms with E-state index in [2.05, 4.69) is 10.00 Å². The number of carbonyl (C=O) groups excluding carboxylic acids is 2. The summed E-state index contributed by atoms with van der Waals surface area (Å²) in [6.45, 7) is 7.41. The van der Waals surface area contributed by atoms with Crippen molar-refractivity contribution in [3.05, 3.63) is 17.5 Å². The van der Waals surface area contributed by atoms with Crippen LogP contribution in [0.25, 0.3) is 0 Å². The van der Waals surface area contributed by atoms with E-state index in [-0.39, 0.29) is 11.9 Å². The highest BCUT2D eigenvalue weighted by atomic mass is 16.5. The number of aryl methyl sites for hydroxylation is 1. The van der Waals surface area contributed by atoms with Gasteiger partial charge in [-0.05, 0) is 6.92 Å². The van der Waals surface area contributed by atoms with Crippen molar-refractivity contribution >= 4 is 11.9 Å². The summed E-state index contributed by atoms with van der Waals surface area (Å²) < 4.78 is 6.77. The topological polar surface area (TPSA) is 67.7 Å². The van der Waals surface area contributed by atoms with Crippen LogP contribution < -0.4 is 0 Å². The van der Waals surface area contributed by atoms with Crippen LogP contribution in [-0.2, 0) is 23.1 Å². The first-order valence-corrected chi connectivity index (χ1v) is 7.18. The van der Waals surface area contributed by atoms with Gasteiger partial charge in [-0.1, -0.05) is 0 Å². The molecule has 7 heteroatoms. The molecule has 0 spiro atoms. The number of nitrogens with zero attached hydrogens (tertiary/aromatic N) is 4. The molecule has 0 aromatic carbocycles. The van der Waals surface area contributed by atoms with E-state index >= 15 is 0 Å². The first kappa shape index (κ1) is 15.5. The fourth-order valence-corrected chi connectivity index (χ4v) is 2.46. The molecule has 0 bridgehead atoms. The minimum atomic E-state index is -0.331.